The Hall–Kier alpha value is -2.43. The van der Waals surface area contributed by atoms with Crippen molar-refractivity contribution in [1.29, 1.82) is 0 Å². The third kappa shape index (κ3) is 2.93. The van der Waals surface area contributed by atoms with Gasteiger partial charge in [0.05, 0.1) is 11.3 Å². The van der Waals surface area contributed by atoms with Gasteiger partial charge in [-0.3, -0.25) is 9.78 Å². The van der Waals surface area contributed by atoms with Gasteiger partial charge < -0.3 is 9.80 Å². The Labute approximate surface area is 130 Å². The summed E-state index contributed by atoms with van der Waals surface area (Å²) < 4.78 is 0. The molecule has 3 heterocycles. The Morgan fingerprint density at radius 3 is 2.45 bits per heavy atom. The highest BCUT2D eigenvalue weighted by Gasteiger charge is 2.23. The minimum atomic E-state index is 0.0747. The molecular formula is C17H20N4O. The van der Waals surface area contributed by atoms with Crippen molar-refractivity contribution in [2.24, 2.45) is 0 Å². The molecule has 0 aromatic carbocycles. The van der Waals surface area contributed by atoms with Gasteiger partial charge in [0.15, 0.2) is 0 Å². The number of pyridine rings is 2. The molecule has 114 valence electrons. The number of hydrogen-bond donors (Lipinski definition) is 0. The minimum absolute atomic E-state index is 0.0747. The van der Waals surface area contributed by atoms with E-state index in [0.29, 0.717) is 18.7 Å². The summed E-state index contributed by atoms with van der Waals surface area (Å²) in [4.78, 5) is 25.5. The molecule has 0 N–H and O–H groups in total. The molecule has 0 bridgehead atoms. The van der Waals surface area contributed by atoms with Crippen molar-refractivity contribution in [3.05, 3.63) is 53.5 Å². The molecule has 1 saturated heterocycles. The lowest BCUT2D eigenvalue weighted by molar-refractivity contribution is 0.0745. The molecule has 0 radical (unpaired) electrons. The second-order valence-electron chi connectivity index (χ2n) is 5.55. The van der Waals surface area contributed by atoms with Crippen LogP contribution >= 0.6 is 0 Å². The van der Waals surface area contributed by atoms with Gasteiger partial charge in [-0.1, -0.05) is 6.07 Å². The summed E-state index contributed by atoms with van der Waals surface area (Å²) in [7, 11) is 0. The zero-order valence-corrected chi connectivity index (χ0v) is 13.0. The number of nitrogens with zero attached hydrogens (tertiary/aromatic N) is 4. The van der Waals surface area contributed by atoms with Crippen LogP contribution in [0.5, 0.6) is 0 Å². The standard InChI is InChI=1S/C17H20N4O/c1-13-6-7-15(14(2)19-13)17(22)21-11-9-20(10-12-21)16-5-3-4-8-18-16/h3-8H,9-12H2,1-2H3. The molecule has 0 unspecified atom stereocenters. The highest BCUT2D eigenvalue weighted by atomic mass is 16.2. The van der Waals surface area contributed by atoms with E-state index in [1.165, 1.54) is 0 Å². The van der Waals surface area contributed by atoms with Crippen molar-refractivity contribution in [1.82, 2.24) is 14.9 Å². The van der Waals surface area contributed by atoms with Crippen LogP contribution in [0.25, 0.3) is 0 Å². The number of aryl methyl sites for hydroxylation is 2. The van der Waals surface area contributed by atoms with E-state index in [1.807, 2.05) is 49.1 Å². The fourth-order valence-corrected chi connectivity index (χ4v) is 2.76. The SMILES string of the molecule is Cc1ccc(C(=O)N2CCN(c3ccccn3)CC2)c(C)n1. The number of anilines is 1. The van der Waals surface area contributed by atoms with Crippen molar-refractivity contribution in [2.75, 3.05) is 31.1 Å². The summed E-state index contributed by atoms with van der Waals surface area (Å²) in [5, 5.41) is 0. The normalized spacial score (nSPS) is 15.0. The van der Waals surface area contributed by atoms with Crippen molar-refractivity contribution in [3.63, 3.8) is 0 Å². The minimum Gasteiger partial charge on any atom is -0.353 e. The number of carbonyl (C=O) groups is 1. The Morgan fingerprint density at radius 1 is 1.05 bits per heavy atom. The fraction of sp³-hybridized carbons (Fsp3) is 0.353. The molecule has 2 aromatic rings. The summed E-state index contributed by atoms with van der Waals surface area (Å²) in [6, 6.07) is 9.68. The first-order valence-electron chi connectivity index (χ1n) is 7.54. The maximum Gasteiger partial charge on any atom is 0.255 e. The van der Waals surface area contributed by atoms with Gasteiger partial charge in [0, 0.05) is 38.1 Å². The summed E-state index contributed by atoms with van der Waals surface area (Å²) in [5.41, 5.74) is 2.45. The van der Waals surface area contributed by atoms with Crippen molar-refractivity contribution < 1.29 is 4.79 Å². The van der Waals surface area contributed by atoms with Gasteiger partial charge >= 0.3 is 0 Å². The summed E-state index contributed by atoms with van der Waals surface area (Å²) in [6.07, 6.45) is 1.80. The van der Waals surface area contributed by atoms with Gasteiger partial charge in [0.2, 0.25) is 0 Å². The highest BCUT2D eigenvalue weighted by molar-refractivity contribution is 5.95. The molecule has 5 nitrogen and oxygen atoms in total. The van der Waals surface area contributed by atoms with Crippen LogP contribution in [0.4, 0.5) is 5.82 Å². The predicted molar refractivity (Wildman–Crippen MR) is 86.1 cm³/mol. The Kier molecular flexibility index (Phi) is 4.04. The smallest absolute Gasteiger partial charge is 0.255 e. The molecule has 1 fully saturated rings. The predicted octanol–water partition coefficient (Wildman–Crippen LogP) is 2.06. The molecule has 0 saturated carbocycles. The van der Waals surface area contributed by atoms with Crippen LogP contribution in [0.3, 0.4) is 0 Å². The van der Waals surface area contributed by atoms with Crippen LogP contribution in [0.1, 0.15) is 21.7 Å². The maximum atomic E-state index is 12.6. The Morgan fingerprint density at radius 2 is 1.82 bits per heavy atom. The van der Waals surface area contributed by atoms with Crippen LogP contribution in [0.2, 0.25) is 0 Å². The molecule has 3 rings (SSSR count). The molecular weight excluding hydrogens is 276 g/mol. The summed E-state index contributed by atoms with van der Waals surface area (Å²) >= 11 is 0. The molecule has 5 heteroatoms. The topological polar surface area (TPSA) is 49.3 Å². The number of aromatic nitrogens is 2. The molecule has 1 amide bonds. The van der Waals surface area contributed by atoms with Gasteiger partial charge in [-0.25, -0.2) is 4.98 Å². The van der Waals surface area contributed by atoms with Gasteiger partial charge in [-0.05, 0) is 38.1 Å². The van der Waals surface area contributed by atoms with Gasteiger partial charge in [0.25, 0.3) is 5.91 Å². The average molecular weight is 296 g/mol. The Bertz CT molecular complexity index is 664. The Balaban J connectivity index is 1.67. The lowest BCUT2D eigenvalue weighted by atomic mass is 10.1. The fourth-order valence-electron chi connectivity index (χ4n) is 2.76. The molecule has 0 spiro atoms. The second kappa shape index (κ2) is 6.13. The highest BCUT2D eigenvalue weighted by Crippen LogP contribution is 2.15. The van der Waals surface area contributed by atoms with Crippen LogP contribution in [0, 0.1) is 13.8 Å². The number of rotatable bonds is 2. The summed E-state index contributed by atoms with van der Waals surface area (Å²) in [5.74, 6) is 1.05. The lowest BCUT2D eigenvalue weighted by Crippen LogP contribution is -2.49. The molecule has 1 aliphatic rings. The van der Waals surface area contributed by atoms with E-state index in [9.17, 15) is 4.79 Å². The third-order valence-electron chi connectivity index (χ3n) is 4.00. The van der Waals surface area contributed by atoms with Crippen molar-refractivity contribution >= 4 is 11.7 Å². The van der Waals surface area contributed by atoms with Crippen LogP contribution in [-0.4, -0.2) is 47.0 Å². The van der Waals surface area contributed by atoms with Crippen LogP contribution < -0.4 is 4.90 Å². The second-order valence-corrected chi connectivity index (χ2v) is 5.55. The molecule has 1 aliphatic heterocycles. The van der Waals surface area contributed by atoms with E-state index < -0.39 is 0 Å². The number of hydrogen-bond acceptors (Lipinski definition) is 4. The number of amides is 1. The molecule has 2 aromatic heterocycles. The molecule has 0 aliphatic carbocycles. The lowest BCUT2D eigenvalue weighted by Gasteiger charge is -2.35. The van der Waals surface area contributed by atoms with Gasteiger partial charge in [-0.2, -0.15) is 0 Å². The van der Waals surface area contributed by atoms with Crippen LogP contribution in [-0.2, 0) is 0 Å². The quantitative estimate of drug-likeness (QED) is 0.851. The maximum absolute atomic E-state index is 12.6. The monoisotopic (exact) mass is 296 g/mol. The van der Waals surface area contributed by atoms with E-state index in [1.54, 1.807) is 6.20 Å². The van der Waals surface area contributed by atoms with Gasteiger partial charge in [0.1, 0.15) is 5.82 Å². The molecule has 22 heavy (non-hydrogen) atoms. The largest absolute Gasteiger partial charge is 0.353 e. The first kappa shape index (κ1) is 14.5. The van der Waals surface area contributed by atoms with E-state index in [-0.39, 0.29) is 5.91 Å². The zero-order chi connectivity index (χ0) is 15.5. The van der Waals surface area contributed by atoms with Crippen molar-refractivity contribution in [3.8, 4) is 0 Å². The zero-order valence-electron chi connectivity index (χ0n) is 13.0. The number of piperazine rings is 1. The van der Waals surface area contributed by atoms with E-state index in [4.69, 9.17) is 0 Å². The van der Waals surface area contributed by atoms with Gasteiger partial charge in [-0.15, -0.1) is 0 Å². The average Bonchev–Trinajstić information content (AvgIpc) is 2.55. The third-order valence-corrected chi connectivity index (χ3v) is 4.00. The molecule has 0 atom stereocenters. The number of carbonyl (C=O) groups excluding carboxylic acids is 1. The van der Waals surface area contributed by atoms with Crippen LogP contribution in [0.15, 0.2) is 36.5 Å². The van der Waals surface area contributed by atoms with E-state index in [0.717, 1.165) is 30.3 Å². The van der Waals surface area contributed by atoms with Crippen molar-refractivity contribution in [2.45, 2.75) is 13.8 Å². The van der Waals surface area contributed by atoms with E-state index >= 15 is 0 Å². The first-order valence-corrected chi connectivity index (χ1v) is 7.54. The van der Waals surface area contributed by atoms with E-state index in [2.05, 4.69) is 14.9 Å². The first-order chi connectivity index (χ1) is 10.6. The summed E-state index contributed by atoms with van der Waals surface area (Å²) in [6.45, 7) is 6.87.